The summed E-state index contributed by atoms with van der Waals surface area (Å²) in [4.78, 5) is 0. The first-order valence-electron chi connectivity index (χ1n) is 6.48. The Morgan fingerprint density at radius 3 is 1.95 bits per heavy atom. The van der Waals surface area contributed by atoms with E-state index < -0.39 is 20.6 Å². The first-order chi connectivity index (χ1) is 8.46. The van der Waals surface area contributed by atoms with Gasteiger partial charge in [0.2, 0.25) is 0 Å². The van der Waals surface area contributed by atoms with E-state index in [1.807, 2.05) is 0 Å². The van der Waals surface area contributed by atoms with E-state index in [0.717, 1.165) is 5.56 Å². The number of aryl methyl sites for hydroxylation is 3. The van der Waals surface area contributed by atoms with Crippen LogP contribution in [0, 0.1) is 20.8 Å². The molecule has 0 aliphatic heterocycles. The van der Waals surface area contributed by atoms with Crippen molar-refractivity contribution in [3.63, 3.8) is 0 Å². The molecule has 1 atom stereocenters. The fraction of sp³-hybridized carbons (Fsp3) is 0.600. The first-order valence-corrected chi connectivity index (χ1v) is 8.38. The van der Waals surface area contributed by atoms with Crippen molar-refractivity contribution in [2.75, 3.05) is 6.26 Å². The van der Waals surface area contributed by atoms with Gasteiger partial charge in [0, 0.05) is 12.3 Å². The van der Waals surface area contributed by atoms with E-state index in [-0.39, 0.29) is 0 Å². The van der Waals surface area contributed by atoms with Crippen LogP contribution in [0.3, 0.4) is 0 Å². The van der Waals surface area contributed by atoms with Gasteiger partial charge in [-0.1, -0.05) is 17.7 Å². The zero-order chi connectivity index (χ0) is 15.0. The maximum absolute atomic E-state index is 11.8. The Labute approximate surface area is 117 Å². The highest BCUT2D eigenvalue weighted by atomic mass is 32.2. The standard InChI is InChI=1S/C15H25NO2S/c1-10-7-11(2)13(12(3)8-10)9-14(16)15(4,5)19(6,17)18/h7-8,14H,9,16H2,1-6H3. The van der Waals surface area contributed by atoms with E-state index in [4.69, 9.17) is 5.73 Å². The molecule has 1 unspecified atom stereocenters. The SMILES string of the molecule is Cc1cc(C)c(CC(N)C(C)(C)S(C)(=O)=O)c(C)c1. The Hall–Kier alpha value is -0.870. The van der Waals surface area contributed by atoms with Gasteiger partial charge >= 0.3 is 0 Å². The monoisotopic (exact) mass is 283 g/mol. The van der Waals surface area contributed by atoms with Gasteiger partial charge in [-0.25, -0.2) is 8.42 Å². The highest BCUT2D eigenvalue weighted by Gasteiger charge is 2.37. The molecule has 0 aliphatic carbocycles. The highest BCUT2D eigenvalue weighted by molar-refractivity contribution is 7.92. The zero-order valence-electron chi connectivity index (χ0n) is 12.7. The summed E-state index contributed by atoms with van der Waals surface area (Å²) in [6.45, 7) is 9.56. The van der Waals surface area contributed by atoms with Gasteiger partial charge in [0.15, 0.2) is 9.84 Å². The van der Waals surface area contributed by atoms with Gasteiger partial charge in [0.25, 0.3) is 0 Å². The molecule has 1 aromatic rings. The lowest BCUT2D eigenvalue weighted by molar-refractivity contribution is 0.481. The van der Waals surface area contributed by atoms with Crippen LogP contribution in [0.2, 0.25) is 0 Å². The lowest BCUT2D eigenvalue weighted by Gasteiger charge is -2.30. The molecule has 2 N–H and O–H groups in total. The molecule has 0 radical (unpaired) electrons. The highest BCUT2D eigenvalue weighted by Crippen LogP contribution is 2.25. The molecule has 4 heteroatoms. The summed E-state index contributed by atoms with van der Waals surface area (Å²) in [5.41, 5.74) is 10.9. The van der Waals surface area contributed by atoms with Crippen LogP contribution in [-0.2, 0) is 16.3 Å². The van der Waals surface area contributed by atoms with Crippen molar-refractivity contribution in [3.05, 3.63) is 34.4 Å². The molecule has 3 nitrogen and oxygen atoms in total. The lowest BCUT2D eigenvalue weighted by atomic mass is 9.90. The zero-order valence-corrected chi connectivity index (χ0v) is 13.6. The van der Waals surface area contributed by atoms with Gasteiger partial charge in [0.05, 0.1) is 4.75 Å². The maximum Gasteiger partial charge on any atom is 0.154 e. The Balaban J connectivity index is 3.11. The third-order valence-corrected chi connectivity index (χ3v) is 6.33. The molecule has 0 saturated carbocycles. The second-order valence-electron chi connectivity index (χ2n) is 6.06. The summed E-state index contributed by atoms with van der Waals surface area (Å²) in [5, 5.41) is 0. The van der Waals surface area contributed by atoms with Crippen molar-refractivity contribution in [3.8, 4) is 0 Å². The van der Waals surface area contributed by atoms with E-state index in [0.29, 0.717) is 6.42 Å². The molecule has 0 fully saturated rings. The molecule has 1 aromatic carbocycles. The molecule has 0 amide bonds. The quantitative estimate of drug-likeness (QED) is 0.922. The predicted octanol–water partition coefficient (Wildman–Crippen LogP) is 2.30. The number of sulfone groups is 1. The topological polar surface area (TPSA) is 60.2 Å². The van der Waals surface area contributed by atoms with E-state index in [1.165, 1.54) is 22.9 Å². The number of nitrogens with two attached hydrogens (primary N) is 1. The first kappa shape index (κ1) is 16.2. The Bertz CT molecular complexity index is 551. The van der Waals surface area contributed by atoms with Crippen LogP contribution in [-0.4, -0.2) is 25.5 Å². The van der Waals surface area contributed by atoms with Gasteiger partial charge in [-0.05, 0) is 57.7 Å². The van der Waals surface area contributed by atoms with Crippen molar-refractivity contribution < 1.29 is 8.42 Å². The molecule has 19 heavy (non-hydrogen) atoms. The van der Waals surface area contributed by atoms with Crippen LogP contribution in [0.5, 0.6) is 0 Å². The third-order valence-electron chi connectivity index (χ3n) is 4.11. The summed E-state index contributed by atoms with van der Waals surface area (Å²) >= 11 is 0. The average Bonchev–Trinajstić information content (AvgIpc) is 2.21. The predicted molar refractivity (Wildman–Crippen MR) is 81.3 cm³/mol. The smallest absolute Gasteiger partial charge is 0.154 e. The van der Waals surface area contributed by atoms with Crippen LogP contribution in [0.25, 0.3) is 0 Å². The normalized spacial score (nSPS) is 14.5. The Morgan fingerprint density at radius 2 is 1.58 bits per heavy atom. The van der Waals surface area contributed by atoms with Crippen molar-refractivity contribution in [2.45, 2.75) is 51.8 Å². The molecular formula is C15H25NO2S. The molecule has 0 saturated heterocycles. The van der Waals surface area contributed by atoms with E-state index in [9.17, 15) is 8.42 Å². The van der Waals surface area contributed by atoms with Crippen molar-refractivity contribution in [2.24, 2.45) is 5.73 Å². The third kappa shape index (κ3) is 3.37. The molecule has 0 heterocycles. The summed E-state index contributed by atoms with van der Waals surface area (Å²) in [5.74, 6) is 0. The van der Waals surface area contributed by atoms with Crippen molar-refractivity contribution in [1.82, 2.24) is 0 Å². The fourth-order valence-corrected chi connectivity index (χ4v) is 2.91. The minimum absolute atomic E-state index is 0.414. The van der Waals surface area contributed by atoms with Crippen LogP contribution in [0.4, 0.5) is 0 Å². The van der Waals surface area contributed by atoms with Crippen molar-refractivity contribution in [1.29, 1.82) is 0 Å². The minimum Gasteiger partial charge on any atom is -0.326 e. The average molecular weight is 283 g/mol. The molecule has 0 bridgehead atoms. The van der Waals surface area contributed by atoms with E-state index in [2.05, 4.69) is 32.9 Å². The lowest BCUT2D eigenvalue weighted by Crippen LogP contribution is -2.50. The Morgan fingerprint density at radius 1 is 1.16 bits per heavy atom. The van der Waals surface area contributed by atoms with Crippen LogP contribution in [0.1, 0.15) is 36.1 Å². The van der Waals surface area contributed by atoms with E-state index >= 15 is 0 Å². The minimum atomic E-state index is -3.18. The molecule has 1 rings (SSSR count). The van der Waals surface area contributed by atoms with Crippen LogP contribution in [0.15, 0.2) is 12.1 Å². The summed E-state index contributed by atoms with van der Waals surface area (Å²) in [6.07, 6.45) is 1.83. The van der Waals surface area contributed by atoms with Crippen molar-refractivity contribution >= 4 is 9.84 Å². The van der Waals surface area contributed by atoms with Gasteiger partial charge in [0.1, 0.15) is 0 Å². The Kier molecular flexibility index (Phi) is 4.47. The summed E-state index contributed by atoms with van der Waals surface area (Å²) in [6, 6.07) is 3.81. The number of hydrogen-bond donors (Lipinski definition) is 1. The summed E-state index contributed by atoms with van der Waals surface area (Å²) in [7, 11) is -3.18. The van der Waals surface area contributed by atoms with Gasteiger partial charge in [-0.15, -0.1) is 0 Å². The molecular weight excluding hydrogens is 258 g/mol. The number of rotatable bonds is 4. The molecule has 0 aliphatic rings. The molecule has 108 valence electrons. The second-order valence-corrected chi connectivity index (χ2v) is 8.66. The van der Waals surface area contributed by atoms with Crippen LogP contribution < -0.4 is 5.73 Å². The van der Waals surface area contributed by atoms with Gasteiger partial charge < -0.3 is 5.73 Å². The maximum atomic E-state index is 11.8. The number of benzene rings is 1. The molecule has 0 spiro atoms. The molecule has 0 aromatic heterocycles. The van der Waals surface area contributed by atoms with Gasteiger partial charge in [-0.3, -0.25) is 0 Å². The second kappa shape index (κ2) is 5.25. The largest absolute Gasteiger partial charge is 0.326 e. The van der Waals surface area contributed by atoms with Crippen LogP contribution >= 0.6 is 0 Å². The summed E-state index contributed by atoms with van der Waals surface area (Å²) < 4.78 is 22.7. The van der Waals surface area contributed by atoms with E-state index in [1.54, 1.807) is 13.8 Å². The number of hydrogen-bond acceptors (Lipinski definition) is 3. The van der Waals surface area contributed by atoms with Gasteiger partial charge in [-0.2, -0.15) is 0 Å². The fourth-order valence-electron chi connectivity index (χ4n) is 2.27.